The Balaban J connectivity index is 1.34. The Bertz CT molecular complexity index is 1540. The van der Waals surface area contributed by atoms with E-state index in [4.69, 9.17) is 11.6 Å². The third kappa shape index (κ3) is 3.91. The molecule has 3 aliphatic rings. The minimum atomic E-state index is -4.89. The summed E-state index contributed by atoms with van der Waals surface area (Å²) in [5.41, 5.74) is 3.19. The van der Waals surface area contributed by atoms with E-state index in [1.165, 1.54) is 18.2 Å². The number of fused-ring (bicyclic) bond motifs is 3. The molecule has 0 amide bonds. The fourth-order valence-electron chi connectivity index (χ4n) is 5.33. The van der Waals surface area contributed by atoms with Crippen molar-refractivity contribution in [3.8, 4) is 16.9 Å². The van der Waals surface area contributed by atoms with Gasteiger partial charge in [-0.2, -0.15) is 4.39 Å². The predicted octanol–water partition coefficient (Wildman–Crippen LogP) is 6.45. The molecule has 0 N–H and O–H groups in total. The van der Waals surface area contributed by atoms with Crippen LogP contribution < -0.4 is 10.3 Å². The molecule has 0 saturated heterocycles. The van der Waals surface area contributed by atoms with E-state index in [0.29, 0.717) is 28.8 Å². The number of benzene rings is 1. The van der Waals surface area contributed by atoms with Crippen LogP contribution in [0.25, 0.3) is 16.7 Å². The molecule has 3 aromatic rings. The maximum absolute atomic E-state index is 14.4. The molecule has 36 heavy (non-hydrogen) atoms. The molecule has 1 aliphatic carbocycles. The standard InChI is InChI=1S/C26H18ClF4N3O2/c1-12-2-4-16(25(28)33-12)14-6-20(32-11-14)24-19-10-18(19)21-7-13(8-23(35)34(21)24)17-9-15(27)3-5-22(17)36-26(29,30)31/h2-5,7-9,11,18-19,24H,6,10H2,1H3. The van der Waals surface area contributed by atoms with Gasteiger partial charge in [0.25, 0.3) is 5.56 Å². The Morgan fingerprint density at radius 3 is 2.67 bits per heavy atom. The molecule has 3 unspecified atom stereocenters. The van der Waals surface area contributed by atoms with Crippen molar-refractivity contribution in [3.63, 3.8) is 0 Å². The van der Waals surface area contributed by atoms with Gasteiger partial charge in [0, 0.05) is 57.9 Å². The van der Waals surface area contributed by atoms with Gasteiger partial charge in [0.2, 0.25) is 5.95 Å². The second-order valence-electron chi connectivity index (χ2n) is 9.26. The van der Waals surface area contributed by atoms with E-state index in [1.54, 1.807) is 35.9 Å². The fourth-order valence-corrected chi connectivity index (χ4v) is 5.50. The first kappa shape index (κ1) is 23.0. The number of hydrogen-bond acceptors (Lipinski definition) is 4. The first-order valence-corrected chi connectivity index (χ1v) is 11.7. The highest BCUT2D eigenvalue weighted by Crippen LogP contribution is 2.60. The van der Waals surface area contributed by atoms with Crippen molar-refractivity contribution in [1.82, 2.24) is 9.55 Å². The van der Waals surface area contributed by atoms with E-state index < -0.39 is 18.1 Å². The van der Waals surface area contributed by atoms with Gasteiger partial charge in [-0.05, 0) is 66.8 Å². The van der Waals surface area contributed by atoms with Crippen LogP contribution in [0.5, 0.6) is 5.75 Å². The van der Waals surface area contributed by atoms with Crippen LogP contribution >= 0.6 is 11.6 Å². The maximum atomic E-state index is 14.4. The molecular formula is C26H18ClF4N3O2. The number of allylic oxidation sites excluding steroid dienone is 1. The number of hydrogen-bond donors (Lipinski definition) is 0. The second kappa shape index (κ2) is 8.03. The van der Waals surface area contributed by atoms with Crippen molar-refractivity contribution < 1.29 is 22.3 Å². The van der Waals surface area contributed by atoms with E-state index in [-0.39, 0.29) is 34.0 Å². The van der Waals surface area contributed by atoms with Crippen LogP contribution in [-0.4, -0.2) is 21.6 Å². The molecule has 184 valence electrons. The number of halogens is 5. The van der Waals surface area contributed by atoms with Gasteiger partial charge in [0.15, 0.2) is 0 Å². The smallest absolute Gasteiger partial charge is 0.405 e. The SMILES string of the molecule is Cc1ccc(C2=CN=C(C3C4CC4c4cc(-c5cc(Cl)ccc5OC(F)(F)F)cc(=O)n43)C2)c(F)n1. The van der Waals surface area contributed by atoms with Crippen molar-refractivity contribution in [1.29, 1.82) is 0 Å². The molecule has 0 spiro atoms. The van der Waals surface area contributed by atoms with Gasteiger partial charge in [0.1, 0.15) is 5.75 Å². The summed E-state index contributed by atoms with van der Waals surface area (Å²) in [6, 6.07) is 9.94. The monoisotopic (exact) mass is 515 g/mol. The molecule has 1 fully saturated rings. The van der Waals surface area contributed by atoms with Crippen LogP contribution in [0.2, 0.25) is 5.02 Å². The molecule has 2 aromatic heterocycles. The molecule has 0 radical (unpaired) electrons. The molecule has 1 aromatic carbocycles. The maximum Gasteiger partial charge on any atom is 0.573 e. The quantitative estimate of drug-likeness (QED) is 0.296. The zero-order chi connectivity index (χ0) is 25.4. The second-order valence-corrected chi connectivity index (χ2v) is 9.70. The average molecular weight is 516 g/mol. The Kier molecular flexibility index (Phi) is 5.12. The Hall–Kier alpha value is -3.46. The van der Waals surface area contributed by atoms with Gasteiger partial charge in [0.05, 0.1) is 6.04 Å². The summed E-state index contributed by atoms with van der Waals surface area (Å²) in [5.74, 6) is -0.737. The van der Waals surface area contributed by atoms with E-state index >= 15 is 0 Å². The van der Waals surface area contributed by atoms with E-state index in [0.717, 1.165) is 23.9 Å². The lowest BCUT2D eigenvalue weighted by atomic mass is 9.98. The third-order valence-corrected chi connectivity index (χ3v) is 7.15. The number of rotatable bonds is 4. The lowest BCUT2D eigenvalue weighted by Gasteiger charge is -2.20. The Morgan fingerprint density at radius 2 is 1.92 bits per heavy atom. The van der Waals surface area contributed by atoms with Crippen LogP contribution in [0, 0.1) is 18.8 Å². The summed E-state index contributed by atoms with van der Waals surface area (Å²) in [4.78, 5) is 21.7. The van der Waals surface area contributed by atoms with Crippen molar-refractivity contribution >= 4 is 22.9 Å². The minimum absolute atomic E-state index is 0.0884. The molecule has 10 heteroatoms. The Morgan fingerprint density at radius 1 is 1.11 bits per heavy atom. The number of pyridine rings is 2. The largest absolute Gasteiger partial charge is 0.573 e. The van der Waals surface area contributed by atoms with Crippen LogP contribution in [0.3, 0.4) is 0 Å². The van der Waals surface area contributed by atoms with Gasteiger partial charge in [-0.3, -0.25) is 9.79 Å². The summed E-state index contributed by atoms with van der Waals surface area (Å²) in [6.45, 7) is 1.71. The summed E-state index contributed by atoms with van der Waals surface area (Å²) in [5, 5.41) is 0.221. The summed E-state index contributed by atoms with van der Waals surface area (Å²) in [7, 11) is 0. The van der Waals surface area contributed by atoms with Crippen LogP contribution in [-0.2, 0) is 0 Å². The number of aliphatic imine (C=N–C) groups is 1. The van der Waals surface area contributed by atoms with Crippen molar-refractivity contribution in [2.24, 2.45) is 10.9 Å². The highest BCUT2D eigenvalue weighted by molar-refractivity contribution is 6.31. The third-order valence-electron chi connectivity index (χ3n) is 6.91. The van der Waals surface area contributed by atoms with Crippen molar-refractivity contribution in [2.75, 3.05) is 0 Å². The first-order chi connectivity index (χ1) is 17.1. The number of nitrogens with zero attached hydrogens (tertiary/aromatic N) is 3. The van der Waals surface area contributed by atoms with Gasteiger partial charge in [-0.25, -0.2) is 4.98 Å². The average Bonchev–Trinajstić information content (AvgIpc) is 3.30. The molecule has 4 heterocycles. The van der Waals surface area contributed by atoms with E-state index in [1.807, 2.05) is 0 Å². The number of aryl methyl sites for hydroxylation is 1. The van der Waals surface area contributed by atoms with Crippen LogP contribution in [0.1, 0.15) is 41.8 Å². The lowest BCUT2D eigenvalue weighted by molar-refractivity contribution is -0.274. The van der Waals surface area contributed by atoms with Crippen LogP contribution in [0.4, 0.5) is 17.6 Å². The summed E-state index contributed by atoms with van der Waals surface area (Å²) in [6.07, 6.45) is -2.05. The number of alkyl halides is 3. The lowest BCUT2D eigenvalue weighted by Crippen LogP contribution is -2.29. The minimum Gasteiger partial charge on any atom is -0.405 e. The normalized spacial score (nSPS) is 22.1. The topological polar surface area (TPSA) is 56.5 Å². The molecular weight excluding hydrogens is 498 g/mol. The molecule has 2 aliphatic heterocycles. The van der Waals surface area contributed by atoms with Gasteiger partial charge in [-0.15, -0.1) is 13.2 Å². The van der Waals surface area contributed by atoms with Gasteiger partial charge < -0.3 is 9.30 Å². The van der Waals surface area contributed by atoms with Crippen LogP contribution in [0.15, 0.2) is 58.5 Å². The van der Waals surface area contributed by atoms with E-state index in [9.17, 15) is 22.4 Å². The predicted molar refractivity (Wildman–Crippen MR) is 127 cm³/mol. The molecule has 6 rings (SSSR count). The Labute approximate surface area is 207 Å². The highest BCUT2D eigenvalue weighted by Gasteiger charge is 2.54. The van der Waals surface area contributed by atoms with E-state index in [2.05, 4.69) is 14.7 Å². The summed E-state index contributed by atoms with van der Waals surface area (Å²) >= 11 is 6.05. The molecule has 1 saturated carbocycles. The molecule has 5 nitrogen and oxygen atoms in total. The summed E-state index contributed by atoms with van der Waals surface area (Å²) < 4.78 is 59.1. The van der Waals surface area contributed by atoms with Gasteiger partial charge >= 0.3 is 6.36 Å². The molecule has 3 atom stereocenters. The first-order valence-electron chi connectivity index (χ1n) is 11.3. The number of aromatic nitrogens is 2. The van der Waals surface area contributed by atoms with Crippen molar-refractivity contribution in [2.45, 2.75) is 38.1 Å². The molecule has 0 bridgehead atoms. The zero-order valence-corrected chi connectivity index (χ0v) is 19.6. The van der Waals surface area contributed by atoms with Gasteiger partial charge in [-0.1, -0.05) is 11.6 Å². The zero-order valence-electron chi connectivity index (χ0n) is 18.8. The van der Waals surface area contributed by atoms with Crippen molar-refractivity contribution in [3.05, 3.63) is 86.9 Å². The highest BCUT2D eigenvalue weighted by atomic mass is 35.5. The fraction of sp³-hybridized carbons (Fsp3) is 0.269. The number of ether oxygens (including phenoxy) is 1.